The molecule has 1 aliphatic rings. The number of piperidine rings is 1. The van der Waals surface area contributed by atoms with E-state index in [9.17, 15) is 4.79 Å². The van der Waals surface area contributed by atoms with Crippen molar-refractivity contribution in [1.82, 2.24) is 24.5 Å². The molecule has 0 spiro atoms. The molecule has 3 heterocycles. The van der Waals surface area contributed by atoms with E-state index < -0.39 is 0 Å². The van der Waals surface area contributed by atoms with Gasteiger partial charge in [0.15, 0.2) is 0 Å². The zero-order chi connectivity index (χ0) is 22.8. The van der Waals surface area contributed by atoms with Gasteiger partial charge in [0, 0.05) is 35.8 Å². The minimum absolute atomic E-state index is 0.119. The van der Waals surface area contributed by atoms with Crippen molar-refractivity contribution in [2.45, 2.75) is 43.5 Å². The summed E-state index contributed by atoms with van der Waals surface area (Å²) in [6.45, 7) is 5.54. The molecule has 0 aliphatic carbocycles. The first-order valence-corrected chi connectivity index (χ1v) is 12.3. The van der Waals surface area contributed by atoms with Crippen molar-refractivity contribution in [2.24, 2.45) is 0 Å². The molecule has 0 radical (unpaired) electrons. The fourth-order valence-corrected chi connectivity index (χ4v) is 5.34. The van der Waals surface area contributed by atoms with Crippen LogP contribution in [-0.2, 0) is 5.75 Å². The van der Waals surface area contributed by atoms with Gasteiger partial charge in [0.2, 0.25) is 5.16 Å². The molecule has 0 atom stereocenters. The van der Waals surface area contributed by atoms with Gasteiger partial charge in [-0.15, -0.1) is 5.10 Å². The van der Waals surface area contributed by atoms with E-state index >= 15 is 0 Å². The Hall–Kier alpha value is -3.19. The Balaban J connectivity index is 1.27. The number of aromatic nitrogens is 4. The van der Waals surface area contributed by atoms with Gasteiger partial charge in [-0.05, 0) is 55.9 Å². The lowest BCUT2D eigenvalue weighted by molar-refractivity contribution is 0.0712. The van der Waals surface area contributed by atoms with Gasteiger partial charge in [-0.1, -0.05) is 60.3 Å². The number of aryl methyl sites for hydroxylation is 2. The van der Waals surface area contributed by atoms with Crippen molar-refractivity contribution in [1.29, 1.82) is 0 Å². The molecule has 5 rings (SSSR count). The van der Waals surface area contributed by atoms with Crippen LogP contribution >= 0.6 is 11.8 Å². The number of fused-ring (bicyclic) bond motifs is 1. The Morgan fingerprint density at radius 3 is 2.52 bits per heavy atom. The van der Waals surface area contributed by atoms with Crippen molar-refractivity contribution in [3.8, 4) is 0 Å². The quantitative estimate of drug-likeness (QED) is 0.392. The maximum Gasteiger partial charge on any atom is 0.254 e. The van der Waals surface area contributed by atoms with E-state index in [0.717, 1.165) is 48.4 Å². The van der Waals surface area contributed by atoms with Crippen molar-refractivity contribution >= 4 is 23.4 Å². The molecule has 4 aromatic rings. The zero-order valence-corrected chi connectivity index (χ0v) is 19.8. The average molecular weight is 458 g/mol. The lowest BCUT2D eigenvalue weighted by atomic mass is 9.89. The van der Waals surface area contributed by atoms with Crippen LogP contribution in [0.5, 0.6) is 0 Å². The van der Waals surface area contributed by atoms with E-state index in [1.54, 1.807) is 4.52 Å². The number of carbonyl (C=O) groups is 1. The van der Waals surface area contributed by atoms with Crippen LogP contribution in [0.15, 0.2) is 65.8 Å². The van der Waals surface area contributed by atoms with E-state index in [-0.39, 0.29) is 5.91 Å². The number of likely N-dealkylation sites (tertiary alicyclic amines) is 1. The lowest BCUT2D eigenvalue weighted by Gasteiger charge is -2.32. The maximum absolute atomic E-state index is 13.4. The van der Waals surface area contributed by atoms with Crippen LogP contribution in [0.1, 0.15) is 51.6 Å². The van der Waals surface area contributed by atoms with Crippen LogP contribution in [0.2, 0.25) is 0 Å². The van der Waals surface area contributed by atoms with E-state index in [2.05, 4.69) is 45.4 Å². The van der Waals surface area contributed by atoms with E-state index in [1.807, 2.05) is 49.1 Å². The summed E-state index contributed by atoms with van der Waals surface area (Å²) in [6, 6.07) is 20.5. The number of rotatable bonds is 5. The number of hydrogen-bond donors (Lipinski definition) is 0. The summed E-state index contributed by atoms with van der Waals surface area (Å²) in [5.74, 6) is 1.90. The van der Waals surface area contributed by atoms with Crippen LogP contribution in [-0.4, -0.2) is 43.5 Å². The molecule has 7 heteroatoms. The van der Waals surface area contributed by atoms with Gasteiger partial charge in [-0.3, -0.25) is 4.79 Å². The summed E-state index contributed by atoms with van der Waals surface area (Å²) in [5, 5.41) is 5.25. The van der Waals surface area contributed by atoms with Crippen LogP contribution in [0.3, 0.4) is 0 Å². The van der Waals surface area contributed by atoms with Gasteiger partial charge in [-0.2, -0.15) is 4.98 Å². The Bertz CT molecular complexity index is 1280. The fourth-order valence-electron chi connectivity index (χ4n) is 4.52. The minimum Gasteiger partial charge on any atom is -0.339 e. The predicted octanol–water partition coefficient (Wildman–Crippen LogP) is 5.05. The van der Waals surface area contributed by atoms with Gasteiger partial charge in [-0.25, -0.2) is 9.50 Å². The summed E-state index contributed by atoms with van der Waals surface area (Å²) >= 11 is 1.54. The number of thioether (sulfide) groups is 1. The van der Waals surface area contributed by atoms with Crippen molar-refractivity contribution in [2.75, 3.05) is 13.1 Å². The van der Waals surface area contributed by atoms with Gasteiger partial charge >= 0.3 is 0 Å². The molecule has 1 aliphatic heterocycles. The molecule has 2 aromatic heterocycles. The van der Waals surface area contributed by atoms with Crippen molar-refractivity contribution in [3.63, 3.8) is 0 Å². The molecule has 0 N–H and O–H groups in total. The van der Waals surface area contributed by atoms with E-state index in [4.69, 9.17) is 0 Å². The van der Waals surface area contributed by atoms with E-state index in [1.165, 1.54) is 17.3 Å². The lowest BCUT2D eigenvalue weighted by Crippen LogP contribution is -2.38. The number of nitrogens with zero attached hydrogens (tertiary/aromatic N) is 5. The molecule has 1 saturated heterocycles. The third-order valence-corrected chi connectivity index (χ3v) is 7.14. The topological polar surface area (TPSA) is 63.4 Å². The normalized spacial score (nSPS) is 14.7. The molecular formula is C26H27N5OS. The highest BCUT2D eigenvalue weighted by Crippen LogP contribution is 2.29. The van der Waals surface area contributed by atoms with Crippen LogP contribution < -0.4 is 0 Å². The molecule has 168 valence electrons. The van der Waals surface area contributed by atoms with Gasteiger partial charge in [0.25, 0.3) is 11.7 Å². The van der Waals surface area contributed by atoms with Gasteiger partial charge in [0.1, 0.15) is 0 Å². The first-order chi connectivity index (χ1) is 16.1. The van der Waals surface area contributed by atoms with Gasteiger partial charge in [0.05, 0.1) is 0 Å². The number of amides is 1. The predicted molar refractivity (Wildman–Crippen MR) is 131 cm³/mol. The van der Waals surface area contributed by atoms with Crippen molar-refractivity contribution < 1.29 is 4.79 Å². The number of carbonyl (C=O) groups excluding carboxylic acids is 1. The summed E-state index contributed by atoms with van der Waals surface area (Å²) in [4.78, 5) is 24.4. The molecule has 1 fully saturated rings. The molecule has 0 saturated carbocycles. The maximum atomic E-state index is 13.4. The van der Waals surface area contributed by atoms with Gasteiger partial charge < -0.3 is 4.90 Å². The summed E-state index contributed by atoms with van der Waals surface area (Å²) in [5.41, 5.74) is 5.10. The number of hydrogen-bond acceptors (Lipinski definition) is 5. The third-order valence-electron chi connectivity index (χ3n) is 6.26. The Labute approximate surface area is 198 Å². The molecule has 0 unspecified atom stereocenters. The molecule has 2 aromatic carbocycles. The highest BCUT2D eigenvalue weighted by atomic mass is 32.2. The fraction of sp³-hybridized carbons (Fsp3) is 0.308. The van der Waals surface area contributed by atoms with Crippen LogP contribution in [0.4, 0.5) is 0 Å². The Morgan fingerprint density at radius 1 is 1.00 bits per heavy atom. The minimum atomic E-state index is 0.119. The zero-order valence-electron chi connectivity index (χ0n) is 18.9. The van der Waals surface area contributed by atoms with E-state index in [0.29, 0.717) is 22.6 Å². The van der Waals surface area contributed by atoms with Crippen molar-refractivity contribution in [3.05, 3.63) is 88.7 Å². The first kappa shape index (κ1) is 21.6. The SMILES string of the molecule is Cc1cc(C)n2nc(SCc3ccccc3C(=O)N3CCC(c4ccccc4)CC3)nc2n1. The highest BCUT2D eigenvalue weighted by molar-refractivity contribution is 7.98. The Kier molecular flexibility index (Phi) is 6.13. The molecular weight excluding hydrogens is 430 g/mol. The molecule has 0 bridgehead atoms. The monoisotopic (exact) mass is 457 g/mol. The second kappa shape index (κ2) is 9.35. The van der Waals surface area contributed by atoms with Crippen LogP contribution in [0, 0.1) is 13.8 Å². The summed E-state index contributed by atoms with van der Waals surface area (Å²) in [7, 11) is 0. The average Bonchev–Trinajstić information content (AvgIpc) is 3.26. The second-order valence-corrected chi connectivity index (χ2v) is 9.51. The highest BCUT2D eigenvalue weighted by Gasteiger charge is 2.25. The largest absolute Gasteiger partial charge is 0.339 e. The second-order valence-electron chi connectivity index (χ2n) is 8.57. The first-order valence-electron chi connectivity index (χ1n) is 11.3. The molecule has 33 heavy (non-hydrogen) atoms. The molecule has 6 nitrogen and oxygen atoms in total. The standard InChI is InChI=1S/C26H27N5OS/c1-18-16-19(2)31-25(27-18)28-26(29-31)33-17-22-10-6-7-11-23(22)24(32)30-14-12-21(13-15-30)20-8-4-3-5-9-20/h3-11,16,21H,12-15,17H2,1-2H3. The summed E-state index contributed by atoms with van der Waals surface area (Å²) < 4.78 is 1.77. The third kappa shape index (κ3) is 4.64. The number of benzene rings is 2. The van der Waals surface area contributed by atoms with Crippen LogP contribution in [0.25, 0.3) is 5.78 Å². The summed E-state index contributed by atoms with van der Waals surface area (Å²) in [6.07, 6.45) is 2.01. The molecule has 1 amide bonds. The smallest absolute Gasteiger partial charge is 0.254 e. The Morgan fingerprint density at radius 2 is 1.73 bits per heavy atom.